The molecule has 0 aliphatic rings. The molecule has 1 N–H and O–H groups in total. The summed E-state index contributed by atoms with van der Waals surface area (Å²) >= 11 is 1.67. The van der Waals surface area contributed by atoms with E-state index in [4.69, 9.17) is 4.74 Å². The number of nitrogens with one attached hydrogen (secondary N) is 1. The van der Waals surface area contributed by atoms with Crippen molar-refractivity contribution in [2.24, 2.45) is 5.92 Å². The zero-order chi connectivity index (χ0) is 11.4. The van der Waals surface area contributed by atoms with Crippen LogP contribution in [0.15, 0.2) is 23.7 Å². The smallest absolute Gasteiger partial charge is 0.0813 e. The Morgan fingerprint density at radius 3 is 3.19 bits per heavy atom. The molecule has 0 saturated carbocycles. The van der Waals surface area contributed by atoms with Crippen molar-refractivity contribution in [2.75, 3.05) is 25.6 Å². The molecule has 3 nitrogen and oxygen atoms in total. The van der Waals surface area contributed by atoms with Gasteiger partial charge in [0.15, 0.2) is 0 Å². The maximum Gasteiger partial charge on any atom is 0.0813 e. The van der Waals surface area contributed by atoms with E-state index in [2.05, 4.69) is 35.4 Å². The van der Waals surface area contributed by atoms with E-state index in [-0.39, 0.29) is 0 Å². The zero-order valence-electron chi connectivity index (χ0n) is 9.56. The first-order valence-corrected chi connectivity index (χ1v) is 6.23. The van der Waals surface area contributed by atoms with Crippen LogP contribution < -0.4 is 5.32 Å². The standard InChI is InChI=1S/C12H16N2OS/c1-9(7-15-2)6-13-10-3-4-11-12(5-10)16-8-14-11/h3-5,8-9,13H,6-7H2,1-2H3. The highest BCUT2D eigenvalue weighted by Gasteiger charge is 2.02. The molecule has 86 valence electrons. The Hall–Kier alpha value is -1.13. The third-order valence-corrected chi connectivity index (χ3v) is 3.23. The van der Waals surface area contributed by atoms with Crippen molar-refractivity contribution in [3.63, 3.8) is 0 Å². The van der Waals surface area contributed by atoms with Crippen molar-refractivity contribution >= 4 is 27.2 Å². The van der Waals surface area contributed by atoms with E-state index in [1.54, 1.807) is 18.4 Å². The number of aromatic nitrogens is 1. The molecule has 0 aliphatic carbocycles. The minimum atomic E-state index is 0.516. The van der Waals surface area contributed by atoms with Gasteiger partial charge >= 0.3 is 0 Å². The largest absolute Gasteiger partial charge is 0.385 e. The summed E-state index contributed by atoms with van der Waals surface area (Å²) in [7, 11) is 1.74. The number of hydrogen-bond donors (Lipinski definition) is 1. The maximum atomic E-state index is 5.10. The lowest BCUT2D eigenvalue weighted by molar-refractivity contribution is 0.164. The van der Waals surface area contributed by atoms with Crippen LogP contribution in [0.5, 0.6) is 0 Å². The molecule has 2 aromatic rings. The number of rotatable bonds is 5. The van der Waals surface area contributed by atoms with E-state index in [0.717, 1.165) is 24.4 Å². The molecule has 1 unspecified atom stereocenters. The quantitative estimate of drug-likeness (QED) is 0.866. The van der Waals surface area contributed by atoms with Gasteiger partial charge in [0.1, 0.15) is 0 Å². The van der Waals surface area contributed by atoms with Crippen LogP contribution >= 0.6 is 11.3 Å². The van der Waals surface area contributed by atoms with Gasteiger partial charge in [-0.1, -0.05) is 6.92 Å². The van der Waals surface area contributed by atoms with E-state index in [1.807, 2.05) is 5.51 Å². The molecule has 0 fully saturated rings. The van der Waals surface area contributed by atoms with Gasteiger partial charge in [-0.2, -0.15) is 0 Å². The molecule has 2 rings (SSSR count). The highest BCUT2D eigenvalue weighted by atomic mass is 32.1. The van der Waals surface area contributed by atoms with E-state index >= 15 is 0 Å². The Labute approximate surface area is 99.5 Å². The average Bonchev–Trinajstić information content (AvgIpc) is 2.74. The first kappa shape index (κ1) is 11.4. The normalized spacial score (nSPS) is 12.9. The van der Waals surface area contributed by atoms with Crippen molar-refractivity contribution in [1.29, 1.82) is 0 Å². The van der Waals surface area contributed by atoms with Crippen LogP contribution in [0.1, 0.15) is 6.92 Å². The molecule has 1 aromatic heterocycles. The molecule has 1 aromatic carbocycles. The fraction of sp³-hybridized carbons (Fsp3) is 0.417. The fourth-order valence-corrected chi connectivity index (χ4v) is 2.32. The molecular formula is C12H16N2OS. The van der Waals surface area contributed by atoms with Crippen LogP contribution in [0.25, 0.3) is 10.2 Å². The monoisotopic (exact) mass is 236 g/mol. The third-order valence-electron chi connectivity index (χ3n) is 2.44. The second kappa shape index (κ2) is 5.27. The van der Waals surface area contributed by atoms with E-state index in [0.29, 0.717) is 5.92 Å². The molecule has 0 amide bonds. The molecule has 16 heavy (non-hydrogen) atoms. The molecule has 1 heterocycles. The zero-order valence-corrected chi connectivity index (χ0v) is 10.4. The Morgan fingerprint density at radius 1 is 1.50 bits per heavy atom. The molecular weight excluding hydrogens is 220 g/mol. The maximum absolute atomic E-state index is 5.10. The number of hydrogen-bond acceptors (Lipinski definition) is 4. The average molecular weight is 236 g/mol. The van der Waals surface area contributed by atoms with Gasteiger partial charge in [0.05, 0.1) is 22.3 Å². The van der Waals surface area contributed by atoms with Gasteiger partial charge in [-0.05, 0) is 24.1 Å². The van der Waals surface area contributed by atoms with Crippen molar-refractivity contribution in [1.82, 2.24) is 4.98 Å². The van der Waals surface area contributed by atoms with Crippen molar-refractivity contribution in [2.45, 2.75) is 6.92 Å². The summed E-state index contributed by atoms with van der Waals surface area (Å²) in [6, 6.07) is 6.27. The number of methoxy groups -OCH3 is 1. The molecule has 1 atom stereocenters. The van der Waals surface area contributed by atoms with Gasteiger partial charge < -0.3 is 10.1 Å². The van der Waals surface area contributed by atoms with E-state index in [9.17, 15) is 0 Å². The second-order valence-corrected chi connectivity index (χ2v) is 4.86. The number of fused-ring (bicyclic) bond motifs is 1. The van der Waals surface area contributed by atoms with Crippen LogP contribution in [0.2, 0.25) is 0 Å². The number of ether oxygens (including phenoxy) is 1. The second-order valence-electron chi connectivity index (χ2n) is 3.98. The highest BCUT2D eigenvalue weighted by Crippen LogP contribution is 2.21. The Bertz CT molecular complexity index is 455. The summed E-state index contributed by atoms with van der Waals surface area (Å²) in [6.07, 6.45) is 0. The predicted molar refractivity (Wildman–Crippen MR) is 69.1 cm³/mol. The third kappa shape index (κ3) is 2.71. The first-order chi connectivity index (χ1) is 7.79. The van der Waals surface area contributed by atoms with Crippen LogP contribution in [-0.4, -0.2) is 25.2 Å². The molecule has 0 saturated heterocycles. The molecule has 0 radical (unpaired) electrons. The summed E-state index contributed by atoms with van der Waals surface area (Å²) in [6.45, 7) is 3.88. The summed E-state index contributed by atoms with van der Waals surface area (Å²) in [5, 5.41) is 3.41. The van der Waals surface area contributed by atoms with Gasteiger partial charge in [-0.15, -0.1) is 11.3 Å². The summed E-state index contributed by atoms with van der Waals surface area (Å²) in [5.41, 5.74) is 4.10. The molecule has 0 bridgehead atoms. The summed E-state index contributed by atoms with van der Waals surface area (Å²) < 4.78 is 6.33. The molecule has 0 aliphatic heterocycles. The predicted octanol–water partition coefficient (Wildman–Crippen LogP) is 2.99. The van der Waals surface area contributed by atoms with Crippen molar-refractivity contribution in [3.8, 4) is 0 Å². The van der Waals surface area contributed by atoms with Gasteiger partial charge in [-0.3, -0.25) is 0 Å². The fourth-order valence-electron chi connectivity index (χ4n) is 1.60. The first-order valence-electron chi connectivity index (χ1n) is 5.35. The van der Waals surface area contributed by atoms with Crippen LogP contribution in [-0.2, 0) is 4.74 Å². The molecule has 4 heteroatoms. The summed E-state index contributed by atoms with van der Waals surface area (Å²) in [4.78, 5) is 4.26. The van der Waals surface area contributed by atoms with Crippen molar-refractivity contribution in [3.05, 3.63) is 23.7 Å². The SMILES string of the molecule is COCC(C)CNc1ccc2ncsc2c1. The Balaban J connectivity index is 1.98. The number of anilines is 1. The number of thiazole rings is 1. The lowest BCUT2D eigenvalue weighted by Crippen LogP contribution is -2.15. The van der Waals surface area contributed by atoms with Crippen LogP contribution in [0.3, 0.4) is 0 Å². The van der Waals surface area contributed by atoms with E-state index in [1.165, 1.54) is 4.70 Å². The van der Waals surface area contributed by atoms with Gasteiger partial charge in [0, 0.05) is 19.3 Å². The van der Waals surface area contributed by atoms with Gasteiger partial charge in [-0.25, -0.2) is 4.98 Å². The lowest BCUT2D eigenvalue weighted by atomic mass is 10.2. The van der Waals surface area contributed by atoms with Gasteiger partial charge in [0.2, 0.25) is 0 Å². The minimum absolute atomic E-state index is 0.516. The van der Waals surface area contributed by atoms with Gasteiger partial charge in [0.25, 0.3) is 0 Å². The lowest BCUT2D eigenvalue weighted by Gasteiger charge is -2.12. The highest BCUT2D eigenvalue weighted by molar-refractivity contribution is 7.16. The summed E-state index contributed by atoms with van der Waals surface area (Å²) in [5.74, 6) is 0.516. The van der Waals surface area contributed by atoms with Crippen molar-refractivity contribution < 1.29 is 4.74 Å². The number of nitrogens with zero attached hydrogens (tertiary/aromatic N) is 1. The Morgan fingerprint density at radius 2 is 2.38 bits per heavy atom. The number of benzene rings is 1. The molecule has 0 spiro atoms. The topological polar surface area (TPSA) is 34.1 Å². The van der Waals surface area contributed by atoms with Crippen LogP contribution in [0.4, 0.5) is 5.69 Å². The van der Waals surface area contributed by atoms with E-state index < -0.39 is 0 Å². The Kier molecular flexibility index (Phi) is 3.74. The van der Waals surface area contributed by atoms with Crippen LogP contribution in [0, 0.1) is 5.92 Å². The minimum Gasteiger partial charge on any atom is -0.385 e.